The zero-order chi connectivity index (χ0) is 30.0. The van der Waals surface area contributed by atoms with Gasteiger partial charge in [0.1, 0.15) is 0 Å². The number of hydrogen-bond donors (Lipinski definition) is 0. The molecule has 2 aromatic rings. The van der Waals surface area contributed by atoms with Gasteiger partial charge in [-0.05, 0) is 70.2 Å². The molecule has 0 aliphatic heterocycles. The van der Waals surface area contributed by atoms with Gasteiger partial charge in [-0.3, -0.25) is 0 Å². The Bertz CT molecular complexity index is 1120. The molecule has 7 unspecified atom stereocenters. The molecule has 0 saturated heterocycles. The van der Waals surface area contributed by atoms with Crippen LogP contribution in [0.25, 0.3) is 11.1 Å². The summed E-state index contributed by atoms with van der Waals surface area (Å²) in [6.45, 7) is 22.0. The van der Waals surface area contributed by atoms with Crippen LogP contribution < -0.4 is 0 Å². The van der Waals surface area contributed by atoms with Gasteiger partial charge in [0.25, 0.3) is 0 Å². The second-order valence-electron chi connectivity index (χ2n) is 16.2. The fraction of sp³-hybridized carbons (Fsp3) is 0.622. The second-order valence-corrected chi connectivity index (χ2v) is 41.6. The SMILES string of the molecule is CC1CC2C(c3ccccc3-c3ccccc3)CCCC2C1[Si](C)(C)[Si](C)(C)C1CCC(C[Si](C)(C)C)C1.[CH3-].[CH3-].[Cl][Zr+2][Cl]. The molecule has 0 amide bonds. The Kier molecular flexibility index (Phi) is 15.3. The molecule has 5 rings (SSSR count). The van der Waals surface area contributed by atoms with Gasteiger partial charge in [-0.15, -0.1) is 0 Å². The summed E-state index contributed by atoms with van der Waals surface area (Å²) in [4.78, 5) is 0. The standard InChI is InChI=1S/C35H56Si3.2CH3.2ClH.Zr/c1-26-23-34-32(31-18-13-12-17-30(31)28-15-10-9-11-16-28)19-14-20-33(34)35(26)38(7,8)37(5,6)29-22-21-27(24-29)25-36(2,3)4;;;;;/h9-13,15-18,26-27,29,32-35H,14,19-25H2,1-8H3;2*1H3;2*1H;/q;2*-1;;;+4/p-2. The van der Waals surface area contributed by atoms with Gasteiger partial charge in [0.05, 0.1) is 0 Å². The van der Waals surface area contributed by atoms with E-state index in [4.69, 9.17) is 17.0 Å². The molecular weight excluding hydrogens is 691 g/mol. The van der Waals surface area contributed by atoms with Crippen LogP contribution in [0.15, 0.2) is 54.6 Å². The van der Waals surface area contributed by atoms with Crippen LogP contribution in [-0.2, 0) is 20.8 Å². The van der Waals surface area contributed by atoms with Crippen LogP contribution in [0.1, 0.15) is 63.4 Å². The average molecular weight is 753 g/mol. The number of fused-ring (bicyclic) bond motifs is 1. The summed E-state index contributed by atoms with van der Waals surface area (Å²) >= 11 is -0.826. The van der Waals surface area contributed by atoms with Crippen molar-refractivity contribution in [1.82, 2.24) is 0 Å². The Morgan fingerprint density at radius 3 is 1.95 bits per heavy atom. The van der Waals surface area contributed by atoms with Crippen LogP contribution in [-0.4, -0.2) is 23.3 Å². The van der Waals surface area contributed by atoms with Gasteiger partial charge in [-0.1, -0.05) is 145 Å². The van der Waals surface area contributed by atoms with E-state index < -0.39 is 44.1 Å². The third-order valence-electron chi connectivity index (χ3n) is 12.2. The monoisotopic (exact) mass is 750 g/mol. The zero-order valence-corrected chi connectivity index (χ0v) is 36.1. The molecule has 0 aromatic heterocycles. The number of benzene rings is 2. The number of hydrogen-bond acceptors (Lipinski definition) is 0. The number of rotatable bonds is 7. The third-order valence-corrected chi connectivity index (χ3v) is 34.8. The molecule has 7 atom stereocenters. The fourth-order valence-electron chi connectivity index (χ4n) is 10.2. The maximum absolute atomic E-state index is 4.93. The Hall–Kier alpha value is 0.554. The summed E-state index contributed by atoms with van der Waals surface area (Å²) in [5, 5.41) is 0. The van der Waals surface area contributed by atoms with Crippen molar-refractivity contribution in [2.24, 2.45) is 23.7 Å². The Morgan fingerprint density at radius 1 is 0.721 bits per heavy atom. The predicted molar refractivity (Wildman–Crippen MR) is 202 cm³/mol. The van der Waals surface area contributed by atoms with Gasteiger partial charge in [0.2, 0.25) is 0 Å². The Labute approximate surface area is 289 Å². The van der Waals surface area contributed by atoms with Crippen molar-refractivity contribution in [3.63, 3.8) is 0 Å². The summed E-state index contributed by atoms with van der Waals surface area (Å²) in [5.41, 5.74) is 6.69. The van der Waals surface area contributed by atoms with Crippen molar-refractivity contribution >= 4 is 40.3 Å². The summed E-state index contributed by atoms with van der Waals surface area (Å²) in [7, 11) is 6.22. The van der Waals surface area contributed by atoms with E-state index in [-0.39, 0.29) is 14.9 Å². The first-order valence-corrected chi connectivity index (χ1v) is 33.6. The first-order valence-electron chi connectivity index (χ1n) is 16.4. The van der Waals surface area contributed by atoms with E-state index >= 15 is 0 Å². The van der Waals surface area contributed by atoms with E-state index in [0.717, 1.165) is 40.7 Å². The van der Waals surface area contributed by atoms with E-state index in [1.807, 2.05) is 0 Å². The van der Waals surface area contributed by atoms with Gasteiger partial charge in [-0.25, -0.2) is 0 Å². The molecule has 240 valence electrons. The average Bonchev–Trinajstić information content (AvgIpc) is 3.52. The zero-order valence-electron chi connectivity index (χ0n) is 29.2. The third kappa shape index (κ3) is 8.92. The molecule has 3 saturated carbocycles. The normalized spacial score (nSPS) is 28.8. The molecule has 0 spiro atoms. The summed E-state index contributed by atoms with van der Waals surface area (Å²) < 4.78 is 0. The Morgan fingerprint density at radius 2 is 1.33 bits per heavy atom. The summed E-state index contributed by atoms with van der Waals surface area (Å²) in [6, 6.07) is 22.2. The molecule has 0 bridgehead atoms. The van der Waals surface area contributed by atoms with E-state index in [1.165, 1.54) is 36.8 Å². The van der Waals surface area contributed by atoms with E-state index in [2.05, 4.69) is 107 Å². The van der Waals surface area contributed by atoms with Crippen molar-refractivity contribution in [1.29, 1.82) is 0 Å². The molecule has 0 nitrogen and oxygen atoms in total. The molecule has 43 heavy (non-hydrogen) atoms. The molecule has 3 aliphatic rings. The van der Waals surface area contributed by atoms with Crippen molar-refractivity contribution in [3.8, 4) is 11.1 Å². The van der Waals surface area contributed by atoms with Crippen LogP contribution in [0.5, 0.6) is 0 Å². The van der Waals surface area contributed by atoms with Gasteiger partial charge in [-0.2, -0.15) is 0 Å². The van der Waals surface area contributed by atoms with Crippen molar-refractivity contribution in [2.75, 3.05) is 0 Å². The van der Waals surface area contributed by atoms with Gasteiger partial charge in [0, 0.05) is 23.3 Å². The Balaban J connectivity index is 0.00000124. The van der Waals surface area contributed by atoms with E-state index in [9.17, 15) is 0 Å². The van der Waals surface area contributed by atoms with Gasteiger partial charge in [0.15, 0.2) is 0 Å². The predicted octanol–water partition coefficient (Wildman–Crippen LogP) is 13.5. The number of halogens is 2. The topological polar surface area (TPSA) is 0 Å². The van der Waals surface area contributed by atoms with E-state index in [1.54, 1.807) is 30.9 Å². The summed E-state index contributed by atoms with van der Waals surface area (Å²) in [6.07, 6.45) is 10.5. The van der Waals surface area contributed by atoms with Crippen molar-refractivity contribution < 1.29 is 20.8 Å². The van der Waals surface area contributed by atoms with Crippen LogP contribution in [0.3, 0.4) is 0 Å². The molecule has 0 N–H and O–H groups in total. The van der Waals surface area contributed by atoms with Crippen molar-refractivity contribution in [3.05, 3.63) is 75.0 Å². The van der Waals surface area contributed by atoms with Gasteiger partial charge < -0.3 is 14.9 Å². The van der Waals surface area contributed by atoms with E-state index in [0.29, 0.717) is 0 Å². The summed E-state index contributed by atoms with van der Waals surface area (Å²) in [5.74, 6) is 4.58. The fourth-order valence-corrected chi connectivity index (χ4v) is 27.0. The molecule has 0 radical (unpaired) electrons. The first-order chi connectivity index (χ1) is 19.3. The van der Waals surface area contributed by atoms with Crippen LogP contribution in [0.4, 0.5) is 0 Å². The molecule has 3 aliphatic carbocycles. The first kappa shape index (κ1) is 39.7. The van der Waals surface area contributed by atoms with Crippen LogP contribution in [0, 0.1) is 38.5 Å². The molecule has 6 heteroatoms. The molecule has 2 aromatic carbocycles. The molecule has 3 fully saturated rings. The quantitative estimate of drug-likeness (QED) is 0.195. The molecule has 0 heterocycles. The minimum atomic E-state index is -1.38. The van der Waals surface area contributed by atoms with Crippen molar-refractivity contribution in [2.45, 2.75) is 121 Å². The molecular formula is C37H62Cl2Si3Zr. The minimum absolute atomic E-state index is 0. The van der Waals surface area contributed by atoms with Crippen LogP contribution >= 0.6 is 17.0 Å². The van der Waals surface area contributed by atoms with Crippen LogP contribution in [0.2, 0.25) is 63.0 Å². The second kappa shape index (κ2) is 16.6. The van der Waals surface area contributed by atoms with Gasteiger partial charge >= 0.3 is 37.9 Å². The maximum atomic E-state index is 4.93.